The molecule has 0 radical (unpaired) electrons. The first-order valence-electron chi connectivity index (χ1n) is 6.36. The molecule has 18 heavy (non-hydrogen) atoms. The van der Waals surface area contributed by atoms with E-state index in [0.29, 0.717) is 6.42 Å². The van der Waals surface area contributed by atoms with Crippen LogP contribution in [0.3, 0.4) is 0 Å². The summed E-state index contributed by atoms with van der Waals surface area (Å²) in [6.45, 7) is 0.788. The first-order chi connectivity index (χ1) is 8.57. The van der Waals surface area contributed by atoms with Crippen molar-refractivity contribution in [1.29, 1.82) is 0 Å². The van der Waals surface area contributed by atoms with E-state index in [1.54, 1.807) is 0 Å². The maximum Gasteiger partial charge on any atom is 0.242 e. The third-order valence-electron chi connectivity index (χ3n) is 3.31. The lowest BCUT2D eigenvalue weighted by Gasteiger charge is -2.12. The van der Waals surface area contributed by atoms with Gasteiger partial charge in [-0.3, -0.25) is 20.6 Å². The summed E-state index contributed by atoms with van der Waals surface area (Å²) in [5.41, 5.74) is 5.40. The predicted molar refractivity (Wildman–Crippen MR) is 68.8 cm³/mol. The van der Waals surface area contributed by atoms with Crippen LogP contribution in [-0.2, 0) is 14.6 Å². The topological polar surface area (TPSA) is 87.6 Å². The number of amides is 1. The van der Waals surface area contributed by atoms with Gasteiger partial charge in [-0.05, 0) is 19.3 Å². The second-order valence-corrected chi connectivity index (χ2v) is 7.08. The highest BCUT2D eigenvalue weighted by Gasteiger charge is 2.32. The van der Waals surface area contributed by atoms with Crippen molar-refractivity contribution in [3.05, 3.63) is 0 Å². The van der Waals surface area contributed by atoms with E-state index in [1.807, 2.05) is 0 Å². The van der Waals surface area contributed by atoms with Gasteiger partial charge in [0.2, 0.25) is 5.91 Å². The monoisotopic (exact) mass is 273 g/mol. The van der Waals surface area contributed by atoms with E-state index in [0.717, 1.165) is 38.1 Å². The molecule has 2 aliphatic rings. The molecule has 1 saturated heterocycles. The van der Waals surface area contributed by atoms with Crippen LogP contribution in [0.15, 0.2) is 4.99 Å². The van der Waals surface area contributed by atoms with E-state index >= 15 is 0 Å². The molecule has 2 N–H and O–H groups in total. The number of hydrogen-bond donors (Lipinski definition) is 2. The van der Waals surface area contributed by atoms with Crippen LogP contribution >= 0.6 is 0 Å². The molecule has 7 heteroatoms. The molecule has 102 valence electrons. The standard InChI is InChI=1S/C11H19N3O3S/c15-11(9-5-7-18(16,17)8-9)14-13-10-4-2-1-3-6-12-10/h9H,1-8H2,(H,12,13)(H,14,15)/t9-/m0/s1. The third kappa shape index (κ3) is 3.69. The Labute approximate surface area is 107 Å². The highest BCUT2D eigenvalue weighted by Crippen LogP contribution is 2.18. The fourth-order valence-electron chi connectivity index (χ4n) is 2.21. The minimum Gasteiger partial charge on any atom is -0.286 e. The van der Waals surface area contributed by atoms with Crippen molar-refractivity contribution < 1.29 is 13.2 Å². The number of hydrogen-bond acceptors (Lipinski definition) is 5. The minimum absolute atomic E-state index is 0.0347. The number of nitrogens with one attached hydrogen (secondary N) is 2. The molecule has 2 aliphatic heterocycles. The smallest absolute Gasteiger partial charge is 0.242 e. The van der Waals surface area contributed by atoms with Crippen LogP contribution in [0.5, 0.6) is 0 Å². The summed E-state index contributed by atoms with van der Waals surface area (Å²) in [7, 11) is -3.01. The van der Waals surface area contributed by atoms with Gasteiger partial charge in [-0.25, -0.2) is 8.42 Å². The van der Waals surface area contributed by atoms with Crippen molar-refractivity contribution in [2.45, 2.75) is 32.1 Å². The largest absolute Gasteiger partial charge is 0.286 e. The van der Waals surface area contributed by atoms with Gasteiger partial charge in [-0.1, -0.05) is 6.42 Å². The molecule has 0 aliphatic carbocycles. The molecule has 0 bridgehead atoms. The fraction of sp³-hybridized carbons (Fsp3) is 0.818. The lowest BCUT2D eigenvalue weighted by molar-refractivity contribution is -0.124. The summed E-state index contributed by atoms with van der Waals surface area (Å²) in [5, 5.41) is 0. The summed E-state index contributed by atoms with van der Waals surface area (Å²) in [4.78, 5) is 16.1. The van der Waals surface area contributed by atoms with Crippen molar-refractivity contribution in [3.8, 4) is 0 Å². The molecule has 1 fully saturated rings. The Morgan fingerprint density at radius 2 is 2.11 bits per heavy atom. The Kier molecular flexibility index (Phi) is 4.21. The first-order valence-corrected chi connectivity index (χ1v) is 8.18. The molecular formula is C11H19N3O3S. The molecule has 0 aromatic rings. The average Bonchev–Trinajstić information content (AvgIpc) is 2.55. The van der Waals surface area contributed by atoms with E-state index in [9.17, 15) is 13.2 Å². The van der Waals surface area contributed by atoms with Crippen LogP contribution in [-0.4, -0.2) is 38.2 Å². The Morgan fingerprint density at radius 1 is 1.28 bits per heavy atom. The van der Waals surface area contributed by atoms with Gasteiger partial charge in [0.1, 0.15) is 5.84 Å². The number of hydrazine groups is 1. The number of rotatable bonds is 1. The molecule has 2 rings (SSSR count). The summed E-state index contributed by atoms with van der Waals surface area (Å²) in [6.07, 6.45) is 4.56. The molecule has 0 spiro atoms. The predicted octanol–water partition coefficient (Wildman–Crippen LogP) is 0.0144. The molecule has 0 aromatic heterocycles. The Morgan fingerprint density at radius 3 is 2.83 bits per heavy atom. The van der Waals surface area contributed by atoms with Gasteiger partial charge < -0.3 is 0 Å². The Bertz CT molecular complexity index is 444. The first kappa shape index (κ1) is 13.3. The second kappa shape index (κ2) is 5.69. The van der Waals surface area contributed by atoms with Crippen LogP contribution in [0, 0.1) is 5.92 Å². The maximum absolute atomic E-state index is 11.8. The Hall–Kier alpha value is -1.11. The van der Waals surface area contributed by atoms with Gasteiger partial charge in [-0.15, -0.1) is 0 Å². The highest BCUT2D eigenvalue weighted by molar-refractivity contribution is 7.91. The van der Waals surface area contributed by atoms with E-state index in [1.165, 1.54) is 0 Å². The summed E-state index contributed by atoms with van der Waals surface area (Å²) >= 11 is 0. The molecule has 0 unspecified atom stereocenters. The maximum atomic E-state index is 11.8. The second-order valence-electron chi connectivity index (χ2n) is 4.85. The summed E-state index contributed by atoms with van der Waals surface area (Å²) < 4.78 is 22.5. The van der Waals surface area contributed by atoms with Crippen molar-refractivity contribution in [2.75, 3.05) is 18.1 Å². The van der Waals surface area contributed by atoms with Gasteiger partial charge in [-0.2, -0.15) is 0 Å². The van der Waals surface area contributed by atoms with Crippen LogP contribution in [0.1, 0.15) is 32.1 Å². The number of nitrogens with zero attached hydrogens (tertiary/aromatic N) is 1. The average molecular weight is 273 g/mol. The third-order valence-corrected chi connectivity index (χ3v) is 5.08. The van der Waals surface area contributed by atoms with Crippen molar-refractivity contribution in [3.63, 3.8) is 0 Å². The fourth-order valence-corrected chi connectivity index (χ4v) is 3.96. The molecule has 0 aromatic carbocycles. The molecular weight excluding hydrogens is 254 g/mol. The van der Waals surface area contributed by atoms with E-state index < -0.39 is 15.8 Å². The number of aliphatic imine (C=N–C) groups is 1. The Balaban J connectivity index is 1.80. The summed E-state index contributed by atoms with van der Waals surface area (Å²) in [6, 6.07) is 0. The SMILES string of the molecule is O=C(NNC1=NCCCCC1)[C@H]1CCS(=O)(=O)C1. The number of sulfone groups is 1. The quantitative estimate of drug-likeness (QED) is 0.659. The van der Waals surface area contributed by atoms with E-state index in [4.69, 9.17) is 0 Å². The van der Waals surface area contributed by atoms with Gasteiger partial charge in [0.25, 0.3) is 0 Å². The van der Waals surface area contributed by atoms with Gasteiger partial charge >= 0.3 is 0 Å². The molecule has 1 atom stereocenters. The van der Waals surface area contributed by atoms with Gasteiger partial charge in [0.05, 0.1) is 17.4 Å². The highest BCUT2D eigenvalue weighted by atomic mass is 32.2. The van der Waals surface area contributed by atoms with E-state index in [-0.39, 0.29) is 17.4 Å². The zero-order valence-electron chi connectivity index (χ0n) is 10.3. The number of carbonyl (C=O) groups is 1. The van der Waals surface area contributed by atoms with Crippen molar-refractivity contribution in [1.82, 2.24) is 10.9 Å². The zero-order valence-corrected chi connectivity index (χ0v) is 11.1. The lowest BCUT2D eigenvalue weighted by Crippen LogP contribution is -2.44. The van der Waals surface area contributed by atoms with Gasteiger partial charge in [0.15, 0.2) is 9.84 Å². The van der Waals surface area contributed by atoms with Gasteiger partial charge in [0, 0.05) is 13.0 Å². The number of carbonyl (C=O) groups excluding carboxylic acids is 1. The van der Waals surface area contributed by atoms with Crippen LogP contribution in [0.25, 0.3) is 0 Å². The molecule has 6 nitrogen and oxygen atoms in total. The molecule has 2 heterocycles. The van der Waals surface area contributed by atoms with Crippen molar-refractivity contribution >= 4 is 21.6 Å². The zero-order chi connectivity index (χ0) is 13.0. The van der Waals surface area contributed by atoms with Crippen LogP contribution in [0.4, 0.5) is 0 Å². The van der Waals surface area contributed by atoms with E-state index in [2.05, 4.69) is 15.8 Å². The van der Waals surface area contributed by atoms with Crippen LogP contribution < -0.4 is 10.9 Å². The minimum atomic E-state index is -3.01. The lowest BCUT2D eigenvalue weighted by atomic mass is 10.1. The normalized spacial score (nSPS) is 27.1. The van der Waals surface area contributed by atoms with Crippen molar-refractivity contribution in [2.24, 2.45) is 10.9 Å². The van der Waals surface area contributed by atoms with Crippen LogP contribution in [0.2, 0.25) is 0 Å². The molecule has 0 saturated carbocycles. The summed E-state index contributed by atoms with van der Waals surface area (Å²) in [5.74, 6) is 0.206. The molecule has 1 amide bonds. The number of amidine groups is 1.